The Morgan fingerprint density at radius 1 is 1.58 bits per heavy atom. The van der Waals surface area contributed by atoms with Crippen LogP contribution in [0.2, 0.25) is 0 Å². The van der Waals surface area contributed by atoms with Crippen LogP contribution in [0.5, 0.6) is 5.75 Å². The van der Waals surface area contributed by atoms with E-state index in [1.54, 1.807) is 6.07 Å². The number of fused-ring (bicyclic) bond motifs is 1. The summed E-state index contributed by atoms with van der Waals surface area (Å²) in [6, 6.07) is 7.78. The third-order valence-electron chi connectivity index (χ3n) is 4.20. The Morgan fingerprint density at radius 3 is 2.96 bits per heavy atom. The lowest BCUT2D eigenvalue weighted by atomic mass is 9.83. The fraction of sp³-hybridized carbons (Fsp3) is 0.588. The van der Waals surface area contributed by atoms with E-state index in [0.717, 1.165) is 11.3 Å². The second-order valence-corrected chi connectivity index (χ2v) is 6.53. The van der Waals surface area contributed by atoms with E-state index >= 15 is 0 Å². The summed E-state index contributed by atoms with van der Waals surface area (Å²) < 4.78 is 5.77. The Kier molecular flexibility index (Phi) is 5.75. The van der Waals surface area contributed by atoms with Gasteiger partial charge in [-0.25, -0.2) is 0 Å². The molecule has 130 valence electrons. The Balaban J connectivity index is 2.15. The van der Waals surface area contributed by atoms with E-state index in [-0.39, 0.29) is 12.6 Å². The largest absolute Gasteiger partial charge is 0.490 e. The normalized spacial score (nSPS) is 19.8. The van der Waals surface area contributed by atoms with Gasteiger partial charge in [0.05, 0.1) is 6.07 Å². The molecule has 3 N–H and O–H groups in total. The van der Waals surface area contributed by atoms with Crippen molar-refractivity contribution in [3.63, 3.8) is 0 Å². The lowest BCUT2D eigenvalue weighted by molar-refractivity contribution is 0.104. The van der Waals surface area contributed by atoms with Crippen LogP contribution >= 0.6 is 0 Å². The average Bonchev–Trinajstić information content (AvgIpc) is 3.02. The molecule has 24 heavy (non-hydrogen) atoms. The van der Waals surface area contributed by atoms with Crippen molar-refractivity contribution < 1.29 is 9.84 Å². The lowest BCUT2D eigenvalue weighted by Crippen LogP contribution is -2.35. The number of nitrogens with one attached hydrogen (secondary N) is 2. The number of nitriles is 1. The highest BCUT2D eigenvalue weighted by Crippen LogP contribution is 2.45. The summed E-state index contributed by atoms with van der Waals surface area (Å²) in [6.45, 7) is 6.54. The number of nitrogens with zero attached hydrogens (tertiary/aromatic N) is 2. The minimum Gasteiger partial charge on any atom is -0.490 e. The molecular weight excluding hydrogens is 308 g/mol. The van der Waals surface area contributed by atoms with Crippen LogP contribution in [0.15, 0.2) is 23.4 Å². The summed E-state index contributed by atoms with van der Waals surface area (Å²) in [5, 5.41) is 28.7. The maximum absolute atomic E-state index is 11.2. The second kappa shape index (κ2) is 7.60. The van der Waals surface area contributed by atoms with Gasteiger partial charge in [-0.3, -0.25) is 0 Å². The van der Waals surface area contributed by atoms with Gasteiger partial charge in [0.25, 0.3) is 0 Å². The monoisotopic (exact) mass is 332 g/mol. The zero-order chi connectivity index (χ0) is 17.7. The Bertz CT molecular complexity index is 629. The van der Waals surface area contributed by atoms with Crippen molar-refractivity contribution in [1.82, 2.24) is 5.32 Å². The Morgan fingerprint density at radius 2 is 2.33 bits per heavy atom. The second-order valence-electron chi connectivity index (χ2n) is 6.53. The van der Waals surface area contributed by atoms with E-state index in [1.165, 1.54) is 6.92 Å². The lowest BCUT2D eigenvalue weighted by Gasteiger charge is -2.23. The number of ether oxygens (including phenoxy) is 1. The highest BCUT2D eigenvalue weighted by molar-refractivity contribution is 5.65. The van der Waals surface area contributed by atoms with E-state index in [1.807, 2.05) is 32.0 Å². The third-order valence-corrected chi connectivity index (χ3v) is 4.20. The number of aliphatic hydroxyl groups is 1. The number of rotatable bonds is 8. The van der Waals surface area contributed by atoms with Crippen LogP contribution in [0.1, 0.15) is 32.3 Å². The standard InChI is InChI=1S/C17H24N4O3/c1-11(2)19-7-12(22)9-24-15-6-4-5-14-16(15)13(8-20-14)17(3,10-18)21-23/h4-6,11-13,19-20,22H,7-9H2,1-3H3. The van der Waals surface area contributed by atoms with Gasteiger partial charge in [0.15, 0.2) is 5.54 Å². The summed E-state index contributed by atoms with van der Waals surface area (Å²) >= 11 is 0. The molecular formula is C17H24N4O3. The van der Waals surface area contributed by atoms with Gasteiger partial charge in [-0.1, -0.05) is 19.9 Å². The summed E-state index contributed by atoms with van der Waals surface area (Å²) in [4.78, 5) is 11.2. The fourth-order valence-corrected chi connectivity index (χ4v) is 2.76. The highest BCUT2D eigenvalue weighted by Gasteiger charge is 2.43. The molecule has 0 aliphatic carbocycles. The molecule has 1 aliphatic rings. The highest BCUT2D eigenvalue weighted by atomic mass is 16.5. The van der Waals surface area contributed by atoms with Crippen molar-refractivity contribution in [2.45, 2.75) is 44.4 Å². The van der Waals surface area contributed by atoms with Crippen molar-refractivity contribution in [1.29, 1.82) is 5.26 Å². The van der Waals surface area contributed by atoms with E-state index in [9.17, 15) is 15.3 Å². The summed E-state index contributed by atoms with van der Waals surface area (Å²) in [5.74, 6) is 0.174. The van der Waals surface area contributed by atoms with Crippen molar-refractivity contribution in [3.05, 3.63) is 28.7 Å². The van der Waals surface area contributed by atoms with E-state index < -0.39 is 17.6 Å². The summed E-state index contributed by atoms with van der Waals surface area (Å²) in [5.41, 5.74) is 0.234. The van der Waals surface area contributed by atoms with Crippen LogP contribution in [-0.4, -0.2) is 42.5 Å². The third kappa shape index (κ3) is 3.83. The van der Waals surface area contributed by atoms with Crippen molar-refractivity contribution in [2.75, 3.05) is 25.0 Å². The van der Waals surface area contributed by atoms with Gasteiger partial charge < -0.3 is 20.5 Å². The molecule has 3 unspecified atom stereocenters. The van der Waals surface area contributed by atoms with Gasteiger partial charge in [0.2, 0.25) is 0 Å². The van der Waals surface area contributed by atoms with Crippen molar-refractivity contribution >= 4 is 5.69 Å². The van der Waals surface area contributed by atoms with Crippen LogP contribution < -0.4 is 15.4 Å². The molecule has 0 saturated carbocycles. The van der Waals surface area contributed by atoms with Gasteiger partial charge >= 0.3 is 0 Å². The molecule has 0 radical (unpaired) electrons. The molecule has 1 aromatic rings. The zero-order valence-corrected chi connectivity index (χ0v) is 14.2. The molecule has 0 aromatic heterocycles. The predicted octanol–water partition coefficient (Wildman–Crippen LogP) is 1.98. The maximum atomic E-state index is 11.2. The van der Waals surface area contributed by atoms with Crippen LogP contribution in [0.25, 0.3) is 0 Å². The number of hydrogen-bond acceptors (Lipinski definition) is 7. The number of anilines is 1. The first-order chi connectivity index (χ1) is 11.4. The molecule has 0 bridgehead atoms. The fourth-order valence-electron chi connectivity index (χ4n) is 2.76. The summed E-state index contributed by atoms with van der Waals surface area (Å²) in [6.07, 6.45) is -0.650. The van der Waals surface area contributed by atoms with Gasteiger partial charge in [0.1, 0.15) is 18.5 Å². The molecule has 0 amide bonds. The topological polar surface area (TPSA) is 107 Å². The first kappa shape index (κ1) is 18.2. The minimum atomic E-state index is -1.37. The molecule has 0 spiro atoms. The Labute approximate surface area is 142 Å². The van der Waals surface area contributed by atoms with Crippen molar-refractivity contribution in [2.24, 2.45) is 5.18 Å². The molecule has 0 fully saturated rings. The molecule has 7 nitrogen and oxygen atoms in total. The molecule has 7 heteroatoms. The SMILES string of the molecule is CC(C)NCC(O)COc1cccc2c1C(C(C)(C#N)N=O)CN2. The van der Waals surface area contributed by atoms with Crippen LogP contribution in [0.3, 0.4) is 0 Å². The quantitative estimate of drug-likeness (QED) is 0.628. The van der Waals surface area contributed by atoms with E-state index in [2.05, 4.69) is 15.8 Å². The number of nitroso groups, excluding NO2 is 1. The molecule has 1 aromatic carbocycles. The molecule has 0 saturated heterocycles. The molecule has 1 heterocycles. The van der Waals surface area contributed by atoms with Gasteiger partial charge in [-0.15, -0.1) is 4.91 Å². The average molecular weight is 332 g/mol. The number of aliphatic hydroxyl groups excluding tert-OH is 1. The van der Waals surface area contributed by atoms with E-state index in [0.29, 0.717) is 18.8 Å². The minimum absolute atomic E-state index is 0.126. The van der Waals surface area contributed by atoms with Crippen LogP contribution in [-0.2, 0) is 0 Å². The zero-order valence-electron chi connectivity index (χ0n) is 14.2. The number of hydrogen-bond donors (Lipinski definition) is 3. The maximum Gasteiger partial charge on any atom is 0.194 e. The molecule has 2 rings (SSSR count). The predicted molar refractivity (Wildman–Crippen MR) is 92.1 cm³/mol. The van der Waals surface area contributed by atoms with E-state index in [4.69, 9.17) is 4.74 Å². The first-order valence-electron chi connectivity index (χ1n) is 8.08. The Hall–Kier alpha value is -2.17. The molecule has 1 aliphatic heterocycles. The van der Waals surface area contributed by atoms with Crippen LogP contribution in [0.4, 0.5) is 5.69 Å². The smallest absolute Gasteiger partial charge is 0.194 e. The van der Waals surface area contributed by atoms with Crippen LogP contribution in [0, 0.1) is 16.2 Å². The van der Waals surface area contributed by atoms with Gasteiger partial charge in [-0.05, 0) is 24.2 Å². The van der Waals surface area contributed by atoms with Gasteiger partial charge in [0, 0.05) is 36.3 Å². The number of benzene rings is 1. The summed E-state index contributed by atoms with van der Waals surface area (Å²) in [7, 11) is 0. The molecule has 3 atom stereocenters. The van der Waals surface area contributed by atoms with Gasteiger partial charge in [-0.2, -0.15) is 5.26 Å². The first-order valence-corrected chi connectivity index (χ1v) is 8.08. The van der Waals surface area contributed by atoms with Crippen molar-refractivity contribution in [3.8, 4) is 11.8 Å².